The van der Waals surface area contributed by atoms with E-state index in [0.717, 1.165) is 28.2 Å². The SMILES string of the molecule is COC[C@@H](C)Nc1cc(-c2ccc3cc(C#N)cnn23)ncc1C(C)C. The molecule has 26 heavy (non-hydrogen) atoms. The molecule has 0 bridgehead atoms. The molecule has 3 aromatic heterocycles. The van der Waals surface area contributed by atoms with Crippen molar-refractivity contribution < 1.29 is 4.74 Å². The Morgan fingerprint density at radius 1 is 1.23 bits per heavy atom. The third-order valence-electron chi connectivity index (χ3n) is 4.27. The molecule has 0 saturated heterocycles. The van der Waals surface area contributed by atoms with E-state index in [-0.39, 0.29) is 6.04 Å². The molecule has 0 aliphatic rings. The molecule has 1 N–H and O–H groups in total. The summed E-state index contributed by atoms with van der Waals surface area (Å²) in [6.07, 6.45) is 3.49. The van der Waals surface area contributed by atoms with Gasteiger partial charge in [-0.05, 0) is 42.7 Å². The van der Waals surface area contributed by atoms with Crippen molar-refractivity contribution in [1.29, 1.82) is 5.26 Å². The van der Waals surface area contributed by atoms with Gasteiger partial charge in [0.2, 0.25) is 0 Å². The first kappa shape index (κ1) is 17.9. The van der Waals surface area contributed by atoms with Gasteiger partial charge in [0, 0.05) is 25.0 Å². The van der Waals surface area contributed by atoms with Crippen LogP contribution in [0.1, 0.15) is 37.8 Å². The number of nitriles is 1. The minimum Gasteiger partial charge on any atom is -0.383 e. The molecule has 0 aromatic carbocycles. The normalized spacial score (nSPS) is 12.3. The second-order valence-corrected chi connectivity index (χ2v) is 6.72. The van der Waals surface area contributed by atoms with Crippen molar-refractivity contribution in [3.63, 3.8) is 0 Å². The van der Waals surface area contributed by atoms with Crippen LogP contribution in [0.15, 0.2) is 36.7 Å². The van der Waals surface area contributed by atoms with Crippen LogP contribution in [0.3, 0.4) is 0 Å². The zero-order valence-electron chi connectivity index (χ0n) is 15.5. The second kappa shape index (κ2) is 7.54. The van der Waals surface area contributed by atoms with E-state index in [1.54, 1.807) is 17.8 Å². The molecule has 0 amide bonds. The lowest BCUT2D eigenvalue weighted by Gasteiger charge is -2.20. The number of pyridine rings is 1. The van der Waals surface area contributed by atoms with Crippen molar-refractivity contribution in [1.82, 2.24) is 14.6 Å². The first-order chi connectivity index (χ1) is 12.5. The average molecular weight is 349 g/mol. The van der Waals surface area contributed by atoms with Gasteiger partial charge < -0.3 is 10.1 Å². The predicted octanol–water partition coefficient (Wildman–Crippen LogP) is 3.84. The van der Waals surface area contributed by atoms with Gasteiger partial charge in [-0.25, -0.2) is 4.52 Å². The van der Waals surface area contributed by atoms with Gasteiger partial charge in [0.25, 0.3) is 0 Å². The van der Waals surface area contributed by atoms with Crippen LogP contribution in [-0.4, -0.2) is 34.4 Å². The van der Waals surface area contributed by atoms with Crippen LogP contribution in [0, 0.1) is 11.3 Å². The molecule has 0 saturated carbocycles. The number of aromatic nitrogens is 3. The summed E-state index contributed by atoms with van der Waals surface area (Å²) in [5.74, 6) is 0.356. The summed E-state index contributed by atoms with van der Waals surface area (Å²) in [7, 11) is 1.70. The number of fused-ring (bicyclic) bond motifs is 1. The summed E-state index contributed by atoms with van der Waals surface area (Å²) in [5, 5.41) is 16.9. The molecule has 6 heteroatoms. The molecule has 134 valence electrons. The minimum atomic E-state index is 0.188. The van der Waals surface area contributed by atoms with E-state index in [9.17, 15) is 0 Å². The Kier molecular flexibility index (Phi) is 5.19. The van der Waals surface area contributed by atoms with Crippen molar-refractivity contribution in [3.05, 3.63) is 47.8 Å². The molecule has 0 unspecified atom stereocenters. The van der Waals surface area contributed by atoms with Gasteiger partial charge in [-0.3, -0.25) is 4.98 Å². The van der Waals surface area contributed by atoms with E-state index < -0.39 is 0 Å². The van der Waals surface area contributed by atoms with Crippen molar-refractivity contribution in [2.75, 3.05) is 19.0 Å². The van der Waals surface area contributed by atoms with E-state index in [0.29, 0.717) is 18.1 Å². The molecule has 0 spiro atoms. The Morgan fingerprint density at radius 2 is 2.04 bits per heavy atom. The molecule has 3 heterocycles. The highest BCUT2D eigenvalue weighted by molar-refractivity contribution is 5.69. The fraction of sp³-hybridized carbons (Fsp3) is 0.350. The number of hydrogen-bond acceptors (Lipinski definition) is 5. The zero-order chi connectivity index (χ0) is 18.7. The zero-order valence-corrected chi connectivity index (χ0v) is 15.5. The quantitative estimate of drug-likeness (QED) is 0.732. The summed E-state index contributed by atoms with van der Waals surface area (Å²) in [6.45, 7) is 7.02. The van der Waals surface area contributed by atoms with E-state index in [2.05, 4.69) is 48.3 Å². The molecule has 0 aliphatic heterocycles. The summed E-state index contributed by atoms with van der Waals surface area (Å²) < 4.78 is 7.05. The van der Waals surface area contributed by atoms with Gasteiger partial charge in [0.15, 0.2) is 0 Å². The molecule has 0 radical (unpaired) electrons. The van der Waals surface area contributed by atoms with Gasteiger partial charge in [-0.15, -0.1) is 0 Å². The van der Waals surface area contributed by atoms with Gasteiger partial charge in [0.1, 0.15) is 6.07 Å². The number of nitrogens with one attached hydrogen (secondary N) is 1. The number of nitrogens with zero attached hydrogens (tertiary/aromatic N) is 4. The smallest absolute Gasteiger partial charge is 0.101 e. The van der Waals surface area contributed by atoms with E-state index in [1.165, 1.54) is 0 Å². The van der Waals surface area contributed by atoms with Gasteiger partial charge in [-0.2, -0.15) is 10.4 Å². The van der Waals surface area contributed by atoms with Crippen LogP contribution in [0.2, 0.25) is 0 Å². The lowest BCUT2D eigenvalue weighted by Crippen LogP contribution is -2.22. The fourth-order valence-corrected chi connectivity index (χ4v) is 3.00. The van der Waals surface area contributed by atoms with Crippen LogP contribution in [0.5, 0.6) is 0 Å². The number of anilines is 1. The highest BCUT2D eigenvalue weighted by Gasteiger charge is 2.14. The topological polar surface area (TPSA) is 75.2 Å². The maximum absolute atomic E-state index is 9.04. The van der Waals surface area contributed by atoms with Gasteiger partial charge >= 0.3 is 0 Å². The molecule has 1 atom stereocenters. The Labute approximate surface area is 153 Å². The lowest BCUT2D eigenvalue weighted by molar-refractivity contribution is 0.190. The van der Waals surface area contributed by atoms with Crippen LogP contribution in [0.4, 0.5) is 5.69 Å². The molecular weight excluding hydrogens is 326 g/mol. The third-order valence-corrected chi connectivity index (χ3v) is 4.27. The van der Waals surface area contributed by atoms with E-state index >= 15 is 0 Å². The molecule has 0 aliphatic carbocycles. The summed E-state index contributed by atoms with van der Waals surface area (Å²) >= 11 is 0. The largest absolute Gasteiger partial charge is 0.383 e. The fourth-order valence-electron chi connectivity index (χ4n) is 3.00. The number of ether oxygens (including phenoxy) is 1. The number of rotatable bonds is 6. The molecule has 0 fully saturated rings. The molecule has 6 nitrogen and oxygen atoms in total. The van der Waals surface area contributed by atoms with Crippen LogP contribution >= 0.6 is 0 Å². The number of hydrogen-bond donors (Lipinski definition) is 1. The van der Waals surface area contributed by atoms with E-state index in [4.69, 9.17) is 10.00 Å². The molecular formula is C20H23N5O. The highest BCUT2D eigenvalue weighted by atomic mass is 16.5. The number of methoxy groups -OCH3 is 1. The summed E-state index contributed by atoms with van der Waals surface area (Å²) in [4.78, 5) is 4.65. The Hall–Kier alpha value is -2.91. The van der Waals surface area contributed by atoms with Gasteiger partial charge in [-0.1, -0.05) is 13.8 Å². The molecule has 3 rings (SSSR count). The Bertz CT molecular complexity index is 954. The summed E-state index contributed by atoms with van der Waals surface area (Å²) in [6, 6.07) is 10.1. The monoisotopic (exact) mass is 349 g/mol. The molecule has 3 aromatic rings. The van der Waals surface area contributed by atoms with Crippen molar-refractivity contribution in [2.24, 2.45) is 0 Å². The first-order valence-corrected chi connectivity index (χ1v) is 8.67. The minimum absolute atomic E-state index is 0.188. The van der Waals surface area contributed by atoms with Crippen molar-refractivity contribution in [3.8, 4) is 17.5 Å². The third kappa shape index (κ3) is 3.53. The van der Waals surface area contributed by atoms with Crippen LogP contribution in [-0.2, 0) is 4.74 Å². The van der Waals surface area contributed by atoms with Crippen LogP contribution in [0.25, 0.3) is 16.9 Å². The Morgan fingerprint density at radius 3 is 2.73 bits per heavy atom. The van der Waals surface area contributed by atoms with Crippen molar-refractivity contribution in [2.45, 2.75) is 32.7 Å². The summed E-state index contributed by atoms with van der Waals surface area (Å²) in [5.41, 5.74) is 5.36. The average Bonchev–Trinajstić information content (AvgIpc) is 3.04. The maximum atomic E-state index is 9.04. The highest BCUT2D eigenvalue weighted by Crippen LogP contribution is 2.29. The maximum Gasteiger partial charge on any atom is 0.101 e. The second-order valence-electron chi connectivity index (χ2n) is 6.72. The lowest BCUT2D eigenvalue weighted by atomic mass is 10.0. The van der Waals surface area contributed by atoms with Crippen molar-refractivity contribution >= 4 is 11.2 Å². The van der Waals surface area contributed by atoms with Gasteiger partial charge in [0.05, 0.1) is 35.3 Å². The van der Waals surface area contributed by atoms with Crippen LogP contribution < -0.4 is 5.32 Å². The standard InChI is InChI=1S/C20H23N5O/c1-13(2)17-11-22-19(8-18(17)24-14(3)12-26-4)20-6-5-16-7-15(9-21)10-23-25(16)20/h5-8,10-11,13-14H,12H2,1-4H3,(H,22,24)/t14-/m1/s1. The first-order valence-electron chi connectivity index (χ1n) is 8.67. The predicted molar refractivity (Wildman–Crippen MR) is 102 cm³/mol. The Balaban J connectivity index is 2.04. The van der Waals surface area contributed by atoms with E-state index in [1.807, 2.05) is 24.4 Å².